The van der Waals surface area contributed by atoms with Crippen LogP contribution in [0.3, 0.4) is 0 Å². The lowest BCUT2D eigenvalue weighted by atomic mass is 9.96. The van der Waals surface area contributed by atoms with Crippen LogP contribution in [0.1, 0.15) is 42.2 Å². The molecule has 162 valence electrons. The van der Waals surface area contributed by atoms with E-state index < -0.39 is 10.0 Å². The molecule has 1 unspecified atom stereocenters. The summed E-state index contributed by atoms with van der Waals surface area (Å²) in [5, 5.41) is 3.09. The van der Waals surface area contributed by atoms with Gasteiger partial charge in [-0.25, -0.2) is 8.42 Å². The fourth-order valence-corrected chi connectivity index (χ4v) is 5.12. The Balaban J connectivity index is 1.79. The normalized spacial score (nSPS) is 17.1. The second-order valence-corrected chi connectivity index (χ2v) is 10.2. The van der Waals surface area contributed by atoms with Gasteiger partial charge in [0.25, 0.3) is 5.91 Å². The molecule has 1 amide bonds. The van der Waals surface area contributed by atoms with Crippen molar-refractivity contribution in [1.82, 2.24) is 14.5 Å². The quantitative estimate of drug-likeness (QED) is 0.734. The van der Waals surface area contributed by atoms with Crippen LogP contribution >= 0.6 is 0 Å². The molecule has 30 heavy (non-hydrogen) atoms. The molecule has 1 atom stereocenters. The molecule has 0 spiro atoms. The van der Waals surface area contributed by atoms with Gasteiger partial charge in [-0.05, 0) is 43.1 Å². The van der Waals surface area contributed by atoms with Crippen molar-refractivity contribution in [2.45, 2.75) is 31.2 Å². The van der Waals surface area contributed by atoms with E-state index in [4.69, 9.17) is 0 Å². The highest BCUT2D eigenvalue weighted by Crippen LogP contribution is 2.23. The van der Waals surface area contributed by atoms with E-state index in [0.29, 0.717) is 37.7 Å². The molecule has 0 aliphatic carbocycles. The van der Waals surface area contributed by atoms with Gasteiger partial charge in [-0.2, -0.15) is 4.31 Å². The molecule has 1 N–H and O–H groups in total. The average molecular weight is 430 g/mol. The van der Waals surface area contributed by atoms with Gasteiger partial charge >= 0.3 is 0 Å². The predicted molar refractivity (Wildman–Crippen MR) is 119 cm³/mol. The summed E-state index contributed by atoms with van der Waals surface area (Å²) in [5.41, 5.74) is 1.40. The summed E-state index contributed by atoms with van der Waals surface area (Å²) in [6, 6.07) is 16.1. The van der Waals surface area contributed by atoms with Crippen molar-refractivity contribution in [1.29, 1.82) is 0 Å². The van der Waals surface area contributed by atoms with Crippen LogP contribution in [-0.2, 0) is 10.0 Å². The highest BCUT2D eigenvalue weighted by atomic mass is 32.2. The first kappa shape index (κ1) is 22.5. The molecule has 2 aromatic carbocycles. The Labute approximate surface area is 179 Å². The summed E-state index contributed by atoms with van der Waals surface area (Å²) >= 11 is 0. The van der Waals surface area contributed by atoms with E-state index in [9.17, 15) is 13.2 Å². The minimum absolute atomic E-state index is 0.128. The van der Waals surface area contributed by atoms with Gasteiger partial charge in [-0.1, -0.05) is 50.2 Å². The van der Waals surface area contributed by atoms with Gasteiger partial charge in [0.1, 0.15) is 0 Å². The minimum Gasteiger partial charge on any atom is -0.345 e. The number of nitrogens with one attached hydrogen (secondary N) is 1. The predicted octanol–water partition coefficient (Wildman–Crippen LogP) is 3.14. The number of nitrogens with zero attached hydrogens (tertiary/aromatic N) is 2. The van der Waals surface area contributed by atoms with Crippen molar-refractivity contribution < 1.29 is 13.2 Å². The fourth-order valence-electron chi connectivity index (χ4n) is 3.65. The number of rotatable bonds is 7. The van der Waals surface area contributed by atoms with Crippen molar-refractivity contribution in [3.63, 3.8) is 0 Å². The fraction of sp³-hybridized carbons (Fsp3) is 0.435. The first-order valence-electron chi connectivity index (χ1n) is 10.4. The van der Waals surface area contributed by atoms with E-state index in [1.165, 1.54) is 10.4 Å². The molecule has 0 saturated carbocycles. The van der Waals surface area contributed by atoms with Crippen molar-refractivity contribution in [3.05, 3.63) is 65.7 Å². The highest BCUT2D eigenvalue weighted by Gasteiger charge is 2.28. The molecule has 3 rings (SSSR count). The van der Waals surface area contributed by atoms with Crippen LogP contribution in [0, 0.1) is 5.92 Å². The Morgan fingerprint density at radius 2 is 1.67 bits per heavy atom. The molecular weight excluding hydrogens is 398 g/mol. The van der Waals surface area contributed by atoms with Crippen LogP contribution in [0.5, 0.6) is 0 Å². The average Bonchev–Trinajstić information content (AvgIpc) is 2.74. The monoisotopic (exact) mass is 429 g/mol. The van der Waals surface area contributed by atoms with Crippen molar-refractivity contribution >= 4 is 15.9 Å². The van der Waals surface area contributed by atoms with Crippen LogP contribution in [0.4, 0.5) is 0 Å². The molecule has 0 aromatic heterocycles. The lowest BCUT2D eigenvalue weighted by Gasteiger charge is -2.31. The standard InChI is InChI=1S/C23H31N3O3S/c1-18(2)16-22(19-8-5-4-6-9-19)24-23(27)20-10-7-11-21(17-20)30(28,29)26-14-12-25(3)13-15-26/h4-11,17-18,22H,12-16H2,1-3H3,(H,24,27). The third-order valence-corrected chi connectivity index (χ3v) is 7.31. The first-order chi connectivity index (χ1) is 14.3. The van der Waals surface area contributed by atoms with Gasteiger partial charge in [0.05, 0.1) is 10.9 Å². The molecule has 1 aliphatic heterocycles. The molecule has 0 bridgehead atoms. The van der Waals surface area contributed by atoms with Crippen molar-refractivity contribution in [2.24, 2.45) is 5.92 Å². The Kier molecular flexibility index (Phi) is 7.28. The summed E-state index contributed by atoms with van der Waals surface area (Å²) in [7, 11) is -1.63. The maximum Gasteiger partial charge on any atom is 0.251 e. The SMILES string of the molecule is CC(C)CC(NC(=O)c1cccc(S(=O)(=O)N2CCN(C)CC2)c1)c1ccccc1. The molecule has 1 aliphatic rings. The smallest absolute Gasteiger partial charge is 0.251 e. The number of amides is 1. The topological polar surface area (TPSA) is 69.7 Å². The Bertz CT molecular complexity index is 953. The minimum atomic E-state index is -3.61. The number of piperazine rings is 1. The van der Waals surface area contributed by atoms with Crippen molar-refractivity contribution in [2.75, 3.05) is 33.2 Å². The number of benzene rings is 2. The molecule has 1 heterocycles. The van der Waals surface area contributed by atoms with E-state index in [2.05, 4.69) is 24.1 Å². The number of carbonyl (C=O) groups is 1. The molecule has 1 fully saturated rings. The van der Waals surface area contributed by atoms with Gasteiger partial charge < -0.3 is 10.2 Å². The maximum atomic E-state index is 13.0. The summed E-state index contributed by atoms with van der Waals surface area (Å²) in [6.45, 7) is 6.55. The second kappa shape index (κ2) is 9.73. The molecule has 2 aromatic rings. The summed E-state index contributed by atoms with van der Waals surface area (Å²) < 4.78 is 27.6. The molecular formula is C23H31N3O3S. The van der Waals surface area contributed by atoms with E-state index >= 15 is 0 Å². The lowest BCUT2D eigenvalue weighted by Crippen LogP contribution is -2.47. The molecule has 6 nitrogen and oxygen atoms in total. The number of hydrogen-bond donors (Lipinski definition) is 1. The number of sulfonamides is 1. The zero-order valence-electron chi connectivity index (χ0n) is 17.9. The third-order valence-electron chi connectivity index (χ3n) is 5.41. The lowest BCUT2D eigenvalue weighted by molar-refractivity contribution is 0.0931. The molecule has 1 saturated heterocycles. The van der Waals surface area contributed by atoms with Gasteiger partial charge in [0.2, 0.25) is 10.0 Å². The summed E-state index contributed by atoms with van der Waals surface area (Å²) in [5.74, 6) is 0.138. The van der Waals surface area contributed by atoms with Gasteiger partial charge in [0.15, 0.2) is 0 Å². The van der Waals surface area contributed by atoms with Crippen molar-refractivity contribution in [3.8, 4) is 0 Å². The maximum absolute atomic E-state index is 13.0. The largest absolute Gasteiger partial charge is 0.345 e. The van der Waals surface area contributed by atoms with E-state index in [1.807, 2.05) is 37.4 Å². The molecule has 7 heteroatoms. The second-order valence-electron chi connectivity index (χ2n) is 8.30. The first-order valence-corrected chi connectivity index (χ1v) is 11.9. The van der Waals surface area contributed by atoms with Gasteiger partial charge in [0, 0.05) is 31.7 Å². The third kappa shape index (κ3) is 5.47. The highest BCUT2D eigenvalue weighted by molar-refractivity contribution is 7.89. The van der Waals surface area contributed by atoms with Crippen LogP contribution < -0.4 is 5.32 Å². The Hall–Kier alpha value is -2.22. The zero-order valence-corrected chi connectivity index (χ0v) is 18.7. The molecule has 0 radical (unpaired) electrons. The van der Waals surface area contributed by atoms with E-state index in [-0.39, 0.29) is 16.8 Å². The number of hydrogen-bond acceptors (Lipinski definition) is 4. The number of likely N-dealkylation sites (N-methyl/N-ethyl adjacent to an activating group) is 1. The van der Waals surface area contributed by atoms with E-state index in [1.54, 1.807) is 18.2 Å². The van der Waals surface area contributed by atoms with Crippen LogP contribution in [-0.4, -0.2) is 56.8 Å². The van der Waals surface area contributed by atoms with Gasteiger partial charge in [-0.15, -0.1) is 0 Å². The zero-order chi connectivity index (χ0) is 21.7. The van der Waals surface area contributed by atoms with Gasteiger partial charge in [-0.3, -0.25) is 4.79 Å². The Morgan fingerprint density at radius 3 is 2.30 bits per heavy atom. The Morgan fingerprint density at radius 1 is 1.00 bits per heavy atom. The summed E-state index contributed by atoms with van der Waals surface area (Å²) in [4.78, 5) is 15.3. The van der Waals surface area contributed by atoms with Crippen LogP contribution in [0.25, 0.3) is 0 Å². The van der Waals surface area contributed by atoms with Crippen LogP contribution in [0.15, 0.2) is 59.5 Å². The van der Waals surface area contributed by atoms with Crippen LogP contribution in [0.2, 0.25) is 0 Å². The number of carbonyl (C=O) groups excluding carboxylic acids is 1. The summed E-state index contributed by atoms with van der Waals surface area (Å²) in [6.07, 6.45) is 0.801. The van der Waals surface area contributed by atoms with E-state index in [0.717, 1.165) is 12.0 Å².